The van der Waals surface area contributed by atoms with Gasteiger partial charge in [-0.2, -0.15) is 0 Å². The summed E-state index contributed by atoms with van der Waals surface area (Å²) in [5.41, 5.74) is 4.09. The summed E-state index contributed by atoms with van der Waals surface area (Å²) in [6, 6.07) is 16.7. The second-order valence-corrected chi connectivity index (χ2v) is 10.1. The van der Waals surface area contributed by atoms with Gasteiger partial charge in [0.25, 0.3) is 0 Å². The maximum absolute atomic E-state index is 11.7. The second kappa shape index (κ2) is 7.39. The molecule has 0 N–H and O–H groups in total. The van der Waals surface area contributed by atoms with Crippen LogP contribution in [0.4, 0.5) is 0 Å². The van der Waals surface area contributed by atoms with Crippen LogP contribution in [0.2, 0.25) is 0 Å². The van der Waals surface area contributed by atoms with E-state index in [-0.39, 0.29) is 4.90 Å². The Labute approximate surface area is 179 Å². The van der Waals surface area contributed by atoms with E-state index in [2.05, 4.69) is 47.7 Å². The minimum atomic E-state index is -3.25. The van der Waals surface area contributed by atoms with Crippen molar-refractivity contribution in [1.82, 2.24) is 15.0 Å². The van der Waals surface area contributed by atoms with Crippen molar-refractivity contribution in [2.75, 3.05) is 6.26 Å². The molecule has 0 bridgehead atoms. The molecule has 138 valence electrons. The van der Waals surface area contributed by atoms with E-state index in [1.165, 1.54) is 12.6 Å². The molecule has 0 unspecified atom stereocenters. The van der Waals surface area contributed by atoms with Gasteiger partial charge in [0.2, 0.25) is 0 Å². The van der Waals surface area contributed by atoms with Gasteiger partial charge in [0, 0.05) is 0 Å². The van der Waals surface area contributed by atoms with Crippen molar-refractivity contribution in [1.29, 1.82) is 0 Å². The molecule has 0 atom stereocenters. The molecule has 2 radical (unpaired) electrons. The van der Waals surface area contributed by atoms with E-state index >= 15 is 0 Å². The van der Waals surface area contributed by atoms with E-state index in [1.54, 1.807) is 24.3 Å². The van der Waals surface area contributed by atoms with Gasteiger partial charge in [-0.3, -0.25) is 0 Å². The van der Waals surface area contributed by atoms with E-state index < -0.39 is 9.84 Å². The molecule has 0 saturated heterocycles. The summed E-state index contributed by atoms with van der Waals surface area (Å²) in [5, 5.41) is 0.872. The first-order valence-corrected chi connectivity index (χ1v) is 11.9. The zero-order valence-electron chi connectivity index (χ0n) is 14.7. The van der Waals surface area contributed by atoms with Crippen LogP contribution in [0.25, 0.3) is 33.4 Å². The van der Waals surface area contributed by atoms with Gasteiger partial charge in [0.05, 0.1) is 0 Å². The molecule has 2 aromatic carbocycles. The van der Waals surface area contributed by atoms with E-state index in [1.807, 2.05) is 30.3 Å². The molecule has 0 aliphatic carbocycles. The molecule has 0 spiro atoms. The van der Waals surface area contributed by atoms with E-state index in [4.69, 9.17) is 0 Å². The molecule has 0 amide bonds. The molecule has 8 heteroatoms. The second-order valence-electron chi connectivity index (χ2n) is 6.26. The molecule has 2 heterocycles. The summed E-state index contributed by atoms with van der Waals surface area (Å²) in [5.74, 6) is 0. The third kappa shape index (κ3) is 3.75. The fraction of sp³-hybridized carbons (Fsp3) is 0.0500. The predicted molar refractivity (Wildman–Crippen MR) is 114 cm³/mol. The van der Waals surface area contributed by atoms with Crippen molar-refractivity contribution < 1.29 is 8.42 Å². The Bertz CT molecular complexity index is 1310. The van der Waals surface area contributed by atoms with E-state index in [0.29, 0.717) is 11.3 Å². The topological polar surface area (TPSA) is 72.8 Å². The van der Waals surface area contributed by atoms with Crippen molar-refractivity contribution in [2.24, 2.45) is 0 Å². The normalized spacial score (nSPS) is 11.7. The summed E-state index contributed by atoms with van der Waals surface area (Å²) in [6.45, 7) is 0. The van der Waals surface area contributed by atoms with Gasteiger partial charge in [-0.05, 0) is 0 Å². The molecule has 0 saturated carbocycles. The van der Waals surface area contributed by atoms with Crippen molar-refractivity contribution in [3.05, 3.63) is 65.4 Å². The van der Waals surface area contributed by atoms with Gasteiger partial charge < -0.3 is 0 Å². The van der Waals surface area contributed by atoms with Crippen molar-refractivity contribution >= 4 is 58.1 Å². The molecular weight excluding hydrogens is 501 g/mol. The standard InChI is InChI=1S/C20H13AsBrN3O2S/c1-28(26,27)15-7-5-12(6-8-15)17-10-16(13-3-2-4-14(22)9-13)18-19(21)23-11-24-20(18)25-17/h2-11H,1H3. The monoisotopic (exact) mass is 513 g/mol. The molecule has 4 aromatic rings. The van der Waals surface area contributed by atoms with Gasteiger partial charge in [0.15, 0.2) is 0 Å². The van der Waals surface area contributed by atoms with Crippen LogP contribution in [0.3, 0.4) is 0 Å². The number of pyridine rings is 1. The first kappa shape index (κ1) is 19.2. The zero-order chi connectivity index (χ0) is 19.9. The van der Waals surface area contributed by atoms with Crippen molar-refractivity contribution in [3.63, 3.8) is 0 Å². The van der Waals surface area contributed by atoms with E-state index in [9.17, 15) is 8.42 Å². The van der Waals surface area contributed by atoms with Crippen molar-refractivity contribution in [3.8, 4) is 22.4 Å². The molecule has 28 heavy (non-hydrogen) atoms. The number of rotatable bonds is 3. The number of fused-ring (bicyclic) bond motifs is 1. The Morgan fingerprint density at radius 2 is 1.71 bits per heavy atom. The quantitative estimate of drug-likeness (QED) is 0.393. The molecule has 4 rings (SSSR count). The van der Waals surface area contributed by atoms with Crippen LogP contribution in [0.15, 0.2) is 70.3 Å². The predicted octanol–water partition coefficient (Wildman–Crippen LogP) is 3.32. The summed E-state index contributed by atoms with van der Waals surface area (Å²) in [6.07, 6.45) is 2.68. The Balaban J connectivity index is 1.96. The van der Waals surface area contributed by atoms with E-state index in [0.717, 1.165) is 31.0 Å². The SMILES string of the molecule is CS(=O)(=O)c1ccc(-c2cc(-c3cccc(Br)c3)c3c([As])ncnc3n2)cc1. The van der Waals surface area contributed by atoms with Gasteiger partial charge >= 0.3 is 180 Å². The molecule has 0 aliphatic rings. The fourth-order valence-corrected chi connectivity index (χ4v) is 4.55. The average molecular weight is 514 g/mol. The summed E-state index contributed by atoms with van der Waals surface area (Å²) in [4.78, 5) is 13.6. The first-order chi connectivity index (χ1) is 13.3. The minimum absolute atomic E-state index is 0.278. The summed E-state index contributed by atoms with van der Waals surface area (Å²) >= 11 is 5.99. The zero-order valence-corrected chi connectivity index (χ0v) is 18.9. The Morgan fingerprint density at radius 1 is 0.964 bits per heavy atom. The van der Waals surface area contributed by atoms with Crippen LogP contribution in [0.5, 0.6) is 0 Å². The van der Waals surface area contributed by atoms with Crippen LogP contribution in [0, 0.1) is 0 Å². The van der Waals surface area contributed by atoms with Crippen LogP contribution in [-0.4, -0.2) is 46.5 Å². The van der Waals surface area contributed by atoms with Gasteiger partial charge in [-0.1, -0.05) is 0 Å². The van der Waals surface area contributed by atoms with Gasteiger partial charge in [-0.25, -0.2) is 0 Å². The molecule has 0 fully saturated rings. The van der Waals surface area contributed by atoms with Crippen LogP contribution in [-0.2, 0) is 9.84 Å². The Hall–Kier alpha value is -2.08. The number of halogens is 1. The van der Waals surface area contributed by atoms with Crippen molar-refractivity contribution in [2.45, 2.75) is 4.90 Å². The number of hydrogen-bond acceptors (Lipinski definition) is 5. The molecule has 0 aliphatic heterocycles. The molecular formula is C20H13AsBrN3O2S. The Kier molecular flexibility index (Phi) is 5.08. The fourth-order valence-electron chi connectivity index (χ4n) is 2.95. The number of sulfone groups is 1. The van der Waals surface area contributed by atoms with Crippen LogP contribution >= 0.6 is 15.9 Å². The summed E-state index contributed by atoms with van der Waals surface area (Å²) in [7, 11) is -3.25. The third-order valence-electron chi connectivity index (χ3n) is 4.30. The third-order valence-corrected chi connectivity index (χ3v) is 6.63. The number of nitrogens with zero attached hydrogens (tertiary/aromatic N) is 3. The molecule has 2 aromatic heterocycles. The van der Waals surface area contributed by atoms with Crippen LogP contribution in [0.1, 0.15) is 0 Å². The maximum atomic E-state index is 11.7. The number of aromatic nitrogens is 3. The average Bonchev–Trinajstić information content (AvgIpc) is 2.67. The van der Waals surface area contributed by atoms with Gasteiger partial charge in [-0.15, -0.1) is 0 Å². The first-order valence-electron chi connectivity index (χ1n) is 8.24. The Morgan fingerprint density at radius 3 is 2.39 bits per heavy atom. The molecule has 5 nitrogen and oxygen atoms in total. The van der Waals surface area contributed by atoms with Crippen LogP contribution < -0.4 is 4.48 Å². The number of hydrogen-bond donors (Lipinski definition) is 0. The van der Waals surface area contributed by atoms with Gasteiger partial charge in [0.1, 0.15) is 0 Å². The summed E-state index contributed by atoms with van der Waals surface area (Å²) < 4.78 is 25.2. The number of benzene rings is 2.